The van der Waals surface area contributed by atoms with Crippen molar-refractivity contribution in [1.29, 1.82) is 0 Å². The Bertz CT molecular complexity index is 594. The average molecular weight is 293 g/mol. The molecule has 2 aromatic carbocycles. The van der Waals surface area contributed by atoms with Crippen LogP contribution in [0.5, 0.6) is 5.75 Å². The molecule has 0 saturated heterocycles. The summed E-state index contributed by atoms with van der Waals surface area (Å²) in [5.74, 6) is -0.450. The maximum atomic E-state index is 11.7. The molecule has 6 heteroatoms. The first-order chi connectivity index (χ1) is 9.50. The molecular weight excluding hydrogens is 277 g/mol. The van der Waals surface area contributed by atoms with Gasteiger partial charge in [0.15, 0.2) is 5.78 Å². The van der Waals surface area contributed by atoms with Gasteiger partial charge >= 0.3 is 7.60 Å². The van der Waals surface area contributed by atoms with Crippen molar-refractivity contribution in [2.45, 2.75) is 5.78 Å². The molecule has 0 heterocycles. The van der Waals surface area contributed by atoms with Crippen LogP contribution in [0.15, 0.2) is 54.6 Å². The SMILES string of the molecule is COc1ccc([C@@H](Nc2ccccc2)P(=O)(O)O)cc1. The fraction of sp³-hybridized carbons (Fsp3) is 0.143. The third kappa shape index (κ3) is 3.61. The molecule has 1 atom stereocenters. The summed E-state index contributed by atoms with van der Waals surface area (Å²) >= 11 is 0. The van der Waals surface area contributed by atoms with Crippen LogP contribution in [-0.2, 0) is 4.57 Å². The van der Waals surface area contributed by atoms with Crippen LogP contribution >= 0.6 is 7.60 Å². The molecule has 0 saturated carbocycles. The Morgan fingerprint density at radius 2 is 1.65 bits per heavy atom. The summed E-state index contributed by atoms with van der Waals surface area (Å²) in [6, 6.07) is 15.6. The van der Waals surface area contributed by atoms with Crippen LogP contribution < -0.4 is 10.1 Å². The lowest BCUT2D eigenvalue weighted by atomic mass is 10.2. The van der Waals surface area contributed by atoms with Gasteiger partial charge in [-0.3, -0.25) is 4.57 Å². The molecule has 5 nitrogen and oxygen atoms in total. The van der Waals surface area contributed by atoms with Crippen molar-refractivity contribution >= 4 is 13.3 Å². The zero-order chi connectivity index (χ0) is 14.6. The minimum Gasteiger partial charge on any atom is -0.497 e. The molecule has 2 rings (SSSR count). The molecule has 0 amide bonds. The van der Waals surface area contributed by atoms with Crippen molar-refractivity contribution in [3.8, 4) is 5.75 Å². The Hall–Kier alpha value is -1.81. The lowest BCUT2D eigenvalue weighted by Gasteiger charge is -2.21. The number of nitrogens with one attached hydrogen (secondary N) is 1. The summed E-state index contributed by atoms with van der Waals surface area (Å²) in [6.45, 7) is 0. The molecule has 0 aliphatic rings. The lowest BCUT2D eigenvalue weighted by Crippen LogP contribution is -2.11. The highest BCUT2D eigenvalue weighted by atomic mass is 31.2. The van der Waals surface area contributed by atoms with Gasteiger partial charge in [0.05, 0.1) is 7.11 Å². The standard InChI is InChI=1S/C14H16NO4P/c1-19-13-9-7-11(8-10-13)14(20(16,17)18)15-12-5-3-2-4-6-12/h2-10,14-15H,1H3,(H2,16,17,18)/t14-/m0/s1. The van der Waals surface area contributed by atoms with Crippen LogP contribution in [-0.4, -0.2) is 16.9 Å². The number of rotatable bonds is 5. The molecule has 0 fully saturated rings. The van der Waals surface area contributed by atoms with Crippen LogP contribution in [0.1, 0.15) is 11.3 Å². The topological polar surface area (TPSA) is 78.8 Å². The molecule has 0 unspecified atom stereocenters. The van der Waals surface area contributed by atoms with Crippen molar-refractivity contribution < 1.29 is 19.1 Å². The first kappa shape index (κ1) is 14.6. The molecule has 0 aliphatic heterocycles. The van der Waals surface area contributed by atoms with Gasteiger partial charge < -0.3 is 19.8 Å². The van der Waals surface area contributed by atoms with Gasteiger partial charge in [-0.2, -0.15) is 0 Å². The largest absolute Gasteiger partial charge is 0.497 e. The highest BCUT2D eigenvalue weighted by molar-refractivity contribution is 7.52. The van der Waals surface area contributed by atoms with E-state index in [4.69, 9.17) is 4.74 Å². The Balaban J connectivity index is 2.30. The van der Waals surface area contributed by atoms with Gasteiger partial charge in [-0.15, -0.1) is 0 Å². The van der Waals surface area contributed by atoms with Gasteiger partial charge in [-0.1, -0.05) is 30.3 Å². The third-order valence-corrected chi connectivity index (χ3v) is 3.95. The van der Waals surface area contributed by atoms with Crippen molar-refractivity contribution in [3.63, 3.8) is 0 Å². The van der Waals surface area contributed by atoms with E-state index in [9.17, 15) is 14.4 Å². The summed E-state index contributed by atoms with van der Waals surface area (Å²) in [5, 5.41) is 2.87. The first-order valence-corrected chi connectivity index (χ1v) is 7.69. The smallest absolute Gasteiger partial charge is 0.352 e. The highest BCUT2D eigenvalue weighted by Gasteiger charge is 2.30. The quantitative estimate of drug-likeness (QED) is 0.739. The molecule has 0 bridgehead atoms. The summed E-state index contributed by atoms with van der Waals surface area (Å²) in [7, 11) is -2.80. The number of para-hydroxylation sites is 1. The monoisotopic (exact) mass is 293 g/mol. The van der Waals surface area contributed by atoms with E-state index in [1.807, 2.05) is 6.07 Å². The van der Waals surface area contributed by atoms with Crippen LogP contribution in [0.4, 0.5) is 5.69 Å². The first-order valence-electron chi connectivity index (χ1n) is 6.01. The van der Waals surface area contributed by atoms with E-state index < -0.39 is 13.4 Å². The third-order valence-electron chi connectivity index (χ3n) is 2.85. The molecule has 0 aliphatic carbocycles. The zero-order valence-corrected chi connectivity index (χ0v) is 11.8. The second-order valence-corrected chi connectivity index (χ2v) is 5.97. The summed E-state index contributed by atoms with van der Waals surface area (Å²) < 4.78 is 16.7. The second-order valence-electron chi connectivity index (χ2n) is 4.28. The maximum absolute atomic E-state index is 11.7. The van der Waals surface area contributed by atoms with Crippen LogP contribution in [0, 0.1) is 0 Å². The second kappa shape index (κ2) is 6.09. The summed E-state index contributed by atoms with van der Waals surface area (Å²) in [4.78, 5) is 19.1. The van der Waals surface area contributed by atoms with Gasteiger partial charge in [0.2, 0.25) is 0 Å². The predicted octanol–water partition coefficient (Wildman–Crippen LogP) is 2.98. The Morgan fingerprint density at radius 3 is 2.15 bits per heavy atom. The van der Waals surface area contributed by atoms with Gasteiger partial charge in [0.25, 0.3) is 0 Å². The predicted molar refractivity (Wildman–Crippen MR) is 77.8 cm³/mol. The van der Waals surface area contributed by atoms with E-state index in [-0.39, 0.29) is 0 Å². The summed E-state index contributed by atoms with van der Waals surface area (Å²) in [6.07, 6.45) is 0. The fourth-order valence-electron chi connectivity index (χ4n) is 1.84. The molecule has 3 N–H and O–H groups in total. The Kier molecular flexibility index (Phi) is 4.45. The maximum Gasteiger partial charge on any atom is 0.352 e. The van der Waals surface area contributed by atoms with Crippen molar-refractivity contribution in [2.24, 2.45) is 0 Å². The highest BCUT2D eigenvalue weighted by Crippen LogP contribution is 2.51. The van der Waals surface area contributed by atoms with Crippen LogP contribution in [0.3, 0.4) is 0 Å². The number of benzene rings is 2. The minimum absolute atomic E-state index is 0.503. The van der Waals surface area contributed by atoms with Gasteiger partial charge in [0.1, 0.15) is 5.75 Å². The molecule has 106 valence electrons. The van der Waals surface area contributed by atoms with Gasteiger partial charge in [-0.05, 0) is 29.8 Å². The van der Waals surface area contributed by atoms with E-state index in [0.717, 1.165) is 0 Å². The van der Waals surface area contributed by atoms with Gasteiger partial charge in [0, 0.05) is 5.69 Å². The van der Waals surface area contributed by atoms with Crippen molar-refractivity contribution in [1.82, 2.24) is 0 Å². The van der Waals surface area contributed by atoms with E-state index >= 15 is 0 Å². The fourth-order valence-corrected chi connectivity index (χ4v) is 2.72. The molecular formula is C14H16NO4P. The molecule has 20 heavy (non-hydrogen) atoms. The molecule has 0 radical (unpaired) electrons. The van der Waals surface area contributed by atoms with E-state index in [0.29, 0.717) is 17.0 Å². The summed E-state index contributed by atoms with van der Waals surface area (Å²) in [5.41, 5.74) is 1.15. The Morgan fingerprint density at radius 1 is 1.05 bits per heavy atom. The normalized spacial score (nSPS) is 12.8. The average Bonchev–Trinajstić information content (AvgIpc) is 2.45. The number of ether oxygens (including phenoxy) is 1. The molecule has 2 aromatic rings. The number of hydrogen-bond acceptors (Lipinski definition) is 3. The number of hydrogen-bond donors (Lipinski definition) is 3. The van der Waals surface area contributed by atoms with Gasteiger partial charge in [-0.25, -0.2) is 0 Å². The number of anilines is 1. The Labute approximate surface area is 117 Å². The van der Waals surface area contributed by atoms with Crippen LogP contribution in [0.2, 0.25) is 0 Å². The zero-order valence-electron chi connectivity index (χ0n) is 10.9. The van der Waals surface area contributed by atoms with E-state index in [1.54, 1.807) is 48.5 Å². The molecule has 0 aromatic heterocycles. The minimum atomic E-state index is -4.34. The van der Waals surface area contributed by atoms with E-state index in [2.05, 4.69) is 5.32 Å². The van der Waals surface area contributed by atoms with Crippen LogP contribution in [0.25, 0.3) is 0 Å². The lowest BCUT2D eigenvalue weighted by molar-refractivity contribution is 0.363. The van der Waals surface area contributed by atoms with Crippen molar-refractivity contribution in [2.75, 3.05) is 12.4 Å². The number of methoxy groups -OCH3 is 1. The van der Waals surface area contributed by atoms with E-state index in [1.165, 1.54) is 7.11 Å². The van der Waals surface area contributed by atoms with Crippen molar-refractivity contribution in [3.05, 3.63) is 60.2 Å². The molecule has 0 spiro atoms.